The van der Waals surface area contributed by atoms with Crippen molar-refractivity contribution in [1.29, 1.82) is 0 Å². The first-order valence-corrected chi connectivity index (χ1v) is 9.75. The molecule has 4 saturated carbocycles. The fourth-order valence-electron chi connectivity index (χ4n) is 5.87. The zero-order chi connectivity index (χ0) is 16.5. The number of rotatable bonds is 3. The molecule has 0 spiro atoms. The molecule has 126 valence electrons. The van der Waals surface area contributed by atoms with E-state index in [-0.39, 0.29) is 0 Å². The number of carbonyl (C=O) groups excluding carboxylic acids is 1. The number of aromatic nitrogens is 1. The van der Waals surface area contributed by atoms with Gasteiger partial charge in [0.1, 0.15) is 0 Å². The number of fused-ring (bicyclic) bond motifs is 1. The number of nitrogens with two attached hydrogens (primary N) is 1. The van der Waals surface area contributed by atoms with Gasteiger partial charge in [-0.25, -0.2) is 0 Å². The van der Waals surface area contributed by atoms with E-state index in [1.165, 1.54) is 32.1 Å². The lowest BCUT2D eigenvalue weighted by atomic mass is 9.54. The zero-order valence-corrected chi connectivity index (χ0v) is 15.2. The smallest absolute Gasteiger partial charge is 0.252 e. The summed E-state index contributed by atoms with van der Waals surface area (Å²) in [5, 5.41) is 3.78. The Hall–Kier alpha value is -1.36. The molecule has 1 heterocycles. The summed E-state index contributed by atoms with van der Waals surface area (Å²) in [5.74, 6) is 1.85. The lowest BCUT2D eigenvalue weighted by Crippen LogP contribution is -2.56. The van der Waals surface area contributed by atoms with Crippen LogP contribution in [0.5, 0.6) is 0 Å². The minimum Gasteiger partial charge on any atom is -0.381 e. The van der Waals surface area contributed by atoms with Crippen LogP contribution in [0.4, 0.5) is 5.69 Å². The van der Waals surface area contributed by atoms with E-state index in [2.05, 4.69) is 38.4 Å². The van der Waals surface area contributed by atoms with Crippen molar-refractivity contribution in [1.82, 2.24) is 4.98 Å². The fraction of sp³-hybridized carbons (Fsp3) is 0.579. The van der Waals surface area contributed by atoms with Gasteiger partial charge >= 0.3 is 0 Å². The first-order chi connectivity index (χ1) is 11.5. The highest BCUT2D eigenvalue weighted by Gasteiger charge is 2.54. The Morgan fingerprint density at radius 3 is 2.71 bits per heavy atom. The van der Waals surface area contributed by atoms with Gasteiger partial charge in [0.25, 0.3) is 5.91 Å². The molecule has 6 rings (SSSR count). The van der Waals surface area contributed by atoms with Crippen molar-refractivity contribution in [2.24, 2.45) is 23.5 Å². The van der Waals surface area contributed by atoms with Crippen LogP contribution in [0.25, 0.3) is 6.08 Å². The van der Waals surface area contributed by atoms with Crippen LogP contribution in [0.1, 0.15) is 53.7 Å². The average molecular weight is 388 g/mol. The molecule has 0 aliphatic heterocycles. The summed E-state index contributed by atoms with van der Waals surface area (Å²) in [5.41, 5.74) is 9.19. The third-order valence-electron chi connectivity index (χ3n) is 6.57. The monoisotopic (exact) mass is 387 g/mol. The van der Waals surface area contributed by atoms with Crippen molar-refractivity contribution in [2.45, 2.75) is 48.9 Å². The van der Waals surface area contributed by atoms with Gasteiger partial charge in [-0.1, -0.05) is 28.1 Å². The highest BCUT2D eigenvalue weighted by molar-refractivity contribution is 9.10. The molecule has 0 radical (unpaired) electrons. The standard InChI is InChI=1S/C19H22BrN3O/c20-19-6-10-4-11(7-19)16(12(5-10)8-19)23-17-13-2-1-3-15(13)22-9-14(17)18(21)24/h1-2,9-12,16H,3-8H2,(H2,21,24)(H,22,23)/t10?,11-,12+,16?,19?. The normalized spacial score (nSPS) is 38.4. The van der Waals surface area contributed by atoms with Crippen molar-refractivity contribution < 1.29 is 4.79 Å². The van der Waals surface area contributed by atoms with Crippen LogP contribution in [-0.2, 0) is 6.42 Å². The Bertz CT molecular complexity index is 743. The topological polar surface area (TPSA) is 68.0 Å². The maximum atomic E-state index is 11.9. The summed E-state index contributed by atoms with van der Waals surface area (Å²) in [6.45, 7) is 0. The van der Waals surface area contributed by atoms with E-state index >= 15 is 0 Å². The molecule has 5 aliphatic rings. The zero-order valence-electron chi connectivity index (χ0n) is 13.6. The summed E-state index contributed by atoms with van der Waals surface area (Å²) in [6.07, 6.45) is 13.1. The molecular formula is C19H22BrN3O. The van der Waals surface area contributed by atoms with E-state index in [0.29, 0.717) is 27.8 Å². The highest BCUT2D eigenvalue weighted by Crippen LogP contribution is 2.59. The minimum absolute atomic E-state index is 0.369. The SMILES string of the molecule is NC(=O)c1cnc2c(c1NC1[C@@H]3CC4C[C@H]1CC(Br)(C4)C3)C=CC2. The van der Waals surface area contributed by atoms with Crippen molar-refractivity contribution >= 4 is 33.6 Å². The molecule has 3 N–H and O–H groups in total. The summed E-state index contributed by atoms with van der Waals surface area (Å²) >= 11 is 4.03. The third kappa shape index (κ3) is 2.17. The van der Waals surface area contributed by atoms with Crippen LogP contribution in [-0.4, -0.2) is 21.3 Å². The van der Waals surface area contributed by atoms with Crippen LogP contribution >= 0.6 is 15.9 Å². The number of primary amides is 1. The minimum atomic E-state index is -0.395. The van der Waals surface area contributed by atoms with Gasteiger partial charge in [-0.2, -0.15) is 0 Å². The molecule has 4 bridgehead atoms. The number of alkyl halides is 1. The molecule has 0 aromatic carbocycles. The predicted octanol–water partition coefficient (Wildman–Crippen LogP) is 3.50. The molecule has 5 heteroatoms. The summed E-state index contributed by atoms with van der Waals surface area (Å²) in [4.78, 5) is 16.4. The van der Waals surface area contributed by atoms with Crippen LogP contribution in [0.2, 0.25) is 0 Å². The number of hydrogen-bond acceptors (Lipinski definition) is 3. The van der Waals surface area contributed by atoms with Gasteiger partial charge in [0.2, 0.25) is 0 Å². The van der Waals surface area contributed by atoms with Crippen LogP contribution in [0, 0.1) is 17.8 Å². The molecule has 5 atom stereocenters. The van der Waals surface area contributed by atoms with E-state index in [9.17, 15) is 4.79 Å². The Labute approximate surface area is 150 Å². The second-order valence-electron chi connectivity index (χ2n) is 8.17. The molecule has 3 unspecified atom stereocenters. The molecule has 5 aliphatic carbocycles. The number of nitrogens with one attached hydrogen (secondary N) is 1. The largest absolute Gasteiger partial charge is 0.381 e. The van der Waals surface area contributed by atoms with Crippen LogP contribution in [0.15, 0.2) is 12.3 Å². The predicted molar refractivity (Wildman–Crippen MR) is 98.1 cm³/mol. The van der Waals surface area contributed by atoms with Crippen molar-refractivity contribution in [3.8, 4) is 0 Å². The van der Waals surface area contributed by atoms with Gasteiger partial charge in [-0.3, -0.25) is 9.78 Å². The molecule has 4 nitrogen and oxygen atoms in total. The maximum Gasteiger partial charge on any atom is 0.252 e. The van der Waals surface area contributed by atoms with Gasteiger partial charge in [0, 0.05) is 28.5 Å². The molecule has 1 aromatic rings. The third-order valence-corrected chi connectivity index (χ3v) is 7.54. The van der Waals surface area contributed by atoms with E-state index in [1.54, 1.807) is 6.20 Å². The summed E-state index contributed by atoms with van der Waals surface area (Å²) in [7, 11) is 0. The van der Waals surface area contributed by atoms with E-state index < -0.39 is 5.91 Å². The molecular weight excluding hydrogens is 366 g/mol. The number of nitrogens with zero attached hydrogens (tertiary/aromatic N) is 1. The second kappa shape index (κ2) is 5.07. The second-order valence-corrected chi connectivity index (χ2v) is 9.85. The van der Waals surface area contributed by atoms with Gasteiger partial charge < -0.3 is 11.1 Å². The number of allylic oxidation sites excluding steroid dienone is 1. The van der Waals surface area contributed by atoms with E-state index in [0.717, 1.165) is 29.3 Å². The van der Waals surface area contributed by atoms with Crippen molar-refractivity contribution in [3.63, 3.8) is 0 Å². The Kier molecular flexibility index (Phi) is 3.16. The molecule has 0 saturated heterocycles. The molecule has 24 heavy (non-hydrogen) atoms. The number of anilines is 1. The number of halogens is 1. The molecule has 1 amide bonds. The van der Waals surface area contributed by atoms with Crippen LogP contribution < -0.4 is 11.1 Å². The van der Waals surface area contributed by atoms with Crippen molar-refractivity contribution in [2.75, 3.05) is 5.32 Å². The first-order valence-electron chi connectivity index (χ1n) is 8.96. The quantitative estimate of drug-likeness (QED) is 0.779. The fourth-order valence-corrected chi connectivity index (χ4v) is 7.16. The summed E-state index contributed by atoms with van der Waals surface area (Å²) < 4.78 is 0.369. The number of amides is 1. The van der Waals surface area contributed by atoms with Gasteiger partial charge in [-0.15, -0.1) is 0 Å². The van der Waals surface area contributed by atoms with Crippen LogP contribution in [0.3, 0.4) is 0 Å². The van der Waals surface area contributed by atoms with Crippen molar-refractivity contribution in [3.05, 3.63) is 29.1 Å². The Morgan fingerprint density at radius 1 is 1.29 bits per heavy atom. The molecule has 1 aromatic heterocycles. The first kappa shape index (κ1) is 14.9. The van der Waals surface area contributed by atoms with E-state index in [4.69, 9.17) is 5.73 Å². The average Bonchev–Trinajstić information content (AvgIpc) is 2.97. The Morgan fingerprint density at radius 2 is 2.04 bits per heavy atom. The lowest BCUT2D eigenvalue weighted by Gasteiger charge is -2.58. The summed E-state index contributed by atoms with van der Waals surface area (Å²) in [6, 6.07) is 0.450. The lowest BCUT2D eigenvalue weighted by molar-refractivity contribution is 0.0280. The molecule has 4 fully saturated rings. The highest BCUT2D eigenvalue weighted by atomic mass is 79.9. The number of carbonyl (C=O) groups is 1. The van der Waals surface area contributed by atoms with Gasteiger partial charge in [0.15, 0.2) is 0 Å². The maximum absolute atomic E-state index is 11.9. The number of pyridine rings is 1. The van der Waals surface area contributed by atoms with Gasteiger partial charge in [-0.05, 0) is 49.9 Å². The van der Waals surface area contributed by atoms with E-state index in [1.807, 2.05) is 0 Å². The van der Waals surface area contributed by atoms with Gasteiger partial charge in [0.05, 0.1) is 16.9 Å². The number of hydrogen-bond donors (Lipinski definition) is 2. The Balaban J connectivity index is 1.52.